The molecule has 0 aliphatic heterocycles. The first-order valence-corrected chi connectivity index (χ1v) is 8.61. The van der Waals surface area contributed by atoms with E-state index in [1.165, 1.54) is 16.4 Å². The highest BCUT2D eigenvalue weighted by atomic mass is 35.5. The molecule has 0 spiro atoms. The second kappa shape index (κ2) is 7.05. The highest BCUT2D eigenvalue weighted by Gasteiger charge is 2.31. The molecule has 0 saturated carbocycles. The van der Waals surface area contributed by atoms with Gasteiger partial charge >= 0.3 is 0 Å². The molecule has 0 aliphatic rings. The number of benzene rings is 1. The van der Waals surface area contributed by atoms with Gasteiger partial charge in [-0.1, -0.05) is 32.4 Å². The Morgan fingerprint density at radius 2 is 2.00 bits per heavy atom. The van der Waals surface area contributed by atoms with Crippen molar-refractivity contribution < 1.29 is 12.8 Å². The van der Waals surface area contributed by atoms with Crippen molar-refractivity contribution >= 4 is 21.6 Å². The van der Waals surface area contributed by atoms with E-state index >= 15 is 0 Å². The van der Waals surface area contributed by atoms with E-state index in [4.69, 9.17) is 17.3 Å². The van der Waals surface area contributed by atoms with Gasteiger partial charge in [0.2, 0.25) is 10.0 Å². The lowest BCUT2D eigenvalue weighted by molar-refractivity contribution is 0.266. The predicted octanol–water partition coefficient (Wildman–Crippen LogP) is 2.86. The molecule has 7 heteroatoms. The highest BCUT2D eigenvalue weighted by Crippen LogP contribution is 2.25. The fourth-order valence-electron chi connectivity index (χ4n) is 1.90. The van der Waals surface area contributed by atoms with Crippen LogP contribution in [0.3, 0.4) is 0 Å². The average molecular weight is 337 g/mol. The Kier molecular flexibility index (Phi) is 6.16. The maximum Gasteiger partial charge on any atom is 0.246 e. The molecule has 0 amide bonds. The predicted molar refractivity (Wildman–Crippen MR) is 83.3 cm³/mol. The van der Waals surface area contributed by atoms with Gasteiger partial charge in [0, 0.05) is 18.1 Å². The molecule has 0 bridgehead atoms. The van der Waals surface area contributed by atoms with Crippen LogP contribution < -0.4 is 5.73 Å². The third-order valence-electron chi connectivity index (χ3n) is 3.14. The van der Waals surface area contributed by atoms with Gasteiger partial charge in [0.25, 0.3) is 0 Å². The fourth-order valence-corrected chi connectivity index (χ4v) is 3.82. The number of nitrogens with zero attached hydrogens (tertiary/aromatic N) is 1. The van der Waals surface area contributed by atoms with E-state index in [1.807, 2.05) is 20.8 Å². The Bertz CT molecular complexity index is 591. The quantitative estimate of drug-likeness (QED) is 0.832. The summed E-state index contributed by atoms with van der Waals surface area (Å²) in [6, 6.07) is 3.58. The minimum atomic E-state index is -3.91. The van der Waals surface area contributed by atoms with Crippen LogP contribution in [-0.4, -0.2) is 32.4 Å². The van der Waals surface area contributed by atoms with Gasteiger partial charge in [-0.25, -0.2) is 12.8 Å². The zero-order valence-corrected chi connectivity index (χ0v) is 14.1. The number of halogens is 2. The molecule has 0 unspecified atom stereocenters. The SMILES string of the molecule is CCCN(CC(C)(C)CN)S(=O)(=O)c1ccc(Cl)cc1F. The van der Waals surface area contributed by atoms with E-state index in [0.29, 0.717) is 19.5 Å². The van der Waals surface area contributed by atoms with Crippen molar-refractivity contribution in [1.82, 2.24) is 4.31 Å². The third kappa shape index (κ3) is 4.64. The van der Waals surface area contributed by atoms with Crippen LogP contribution in [0.1, 0.15) is 27.2 Å². The molecule has 0 aromatic heterocycles. The number of sulfonamides is 1. The molecule has 21 heavy (non-hydrogen) atoms. The molecule has 0 fully saturated rings. The first-order valence-electron chi connectivity index (χ1n) is 6.79. The molecule has 1 rings (SSSR count). The molecule has 2 N–H and O–H groups in total. The molecular formula is C14H22ClFN2O2S. The summed E-state index contributed by atoms with van der Waals surface area (Å²) in [7, 11) is -3.91. The topological polar surface area (TPSA) is 63.4 Å². The summed E-state index contributed by atoms with van der Waals surface area (Å²) in [5.41, 5.74) is 5.29. The average Bonchev–Trinajstić information content (AvgIpc) is 2.37. The van der Waals surface area contributed by atoms with Crippen LogP contribution in [0, 0.1) is 11.2 Å². The molecule has 0 atom stereocenters. The number of hydrogen-bond acceptors (Lipinski definition) is 3. The summed E-state index contributed by atoms with van der Waals surface area (Å²) in [5.74, 6) is -0.839. The highest BCUT2D eigenvalue weighted by molar-refractivity contribution is 7.89. The van der Waals surface area contributed by atoms with Crippen molar-refractivity contribution in [2.24, 2.45) is 11.1 Å². The molecular weight excluding hydrogens is 315 g/mol. The minimum absolute atomic E-state index is 0.163. The Hall–Kier alpha value is -0.690. The van der Waals surface area contributed by atoms with E-state index in [2.05, 4.69) is 0 Å². The molecule has 0 aliphatic carbocycles. The molecule has 4 nitrogen and oxygen atoms in total. The van der Waals surface area contributed by atoms with Crippen LogP contribution in [-0.2, 0) is 10.0 Å². The summed E-state index contributed by atoms with van der Waals surface area (Å²) in [6.45, 7) is 6.52. The molecule has 0 saturated heterocycles. The largest absolute Gasteiger partial charge is 0.330 e. The second-order valence-corrected chi connectivity index (χ2v) is 8.12. The Morgan fingerprint density at radius 3 is 2.48 bits per heavy atom. The second-order valence-electron chi connectivity index (χ2n) is 5.78. The van der Waals surface area contributed by atoms with Crippen LogP contribution in [0.25, 0.3) is 0 Å². The summed E-state index contributed by atoms with van der Waals surface area (Å²) < 4.78 is 40.5. The minimum Gasteiger partial charge on any atom is -0.330 e. The van der Waals surface area contributed by atoms with Gasteiger partial charge in [-0.05, 0) is 36.6 Å². The van der Waals surface area contributed by atoms with Gasteiger partial charge in [-0.15, -0.1) is 0 Å². The number of rotatable bonds is 7. The van der Waals surface area contributed by atoms with Gasteiger partial charge in [0.1, 0.15) is 10.7 Å². The van der Waals surface area contributed by atoms with Gasteiger partial charge in [0.05, 0.1) is 0 Å². The van der Waals surface area contributed by atoms with Crippen molar-refractivity contribution in [1.29, 1.82) is 0 Å². The van der Waals surface area contributed by atoms with Gasteiger partial charge in [-0.3, -0.25) is 0 Å². The van der Waals surface area contributed by atoms with Crippen LogP contribution in [0.2, 0.25) is 5.02 Å². The van der Waals surface area contributed by atoms with Gasteiger partial charge < -0.3 is 5.73 Å². The lowest BCUT2D eigenvalue weighted by Crippen LogP contribution is -2.42. The van der Waals surface area contributed by atoms with Crippen LogP contribution in [0.5, 0.6) is 0 Å². The number of hydrogen-bond donors (Lipinski definition) is 1. The van der Waals surface area contributed by atoms with Crippen LogP contribution >= 0.6 is 11.6 Å². The lowest BCUT2D eigenvalue weighted by Gasteiger charge is -2.31. The summed E-state index contributed by atoms with van der Waals surface area (Å²) in [6.07, 6.45) is 0.634. The summed E-state index contributed by atoms with van der Waals surface area (Å²) >= 11 is 5.67. The van der Waals surface area contributed by atoms with Gasteiger partial charge in [-0.2, -0.15) is 4.31 Å². The smallest absolute Gasteiger partial charge is 0.246 e. The zero-order valence-electron chi connectivity index (χ0n) is 12.6. The van der Waals surface area contributed by atoms with Gasteiger partial charge in [0.15, 0.2) is 0 Å². The first-order chi connectivity index (χ1) is 9.64. The normalized spacial score (nSPS) is 12.9. The molecule has 120 valence electrons. The maximum absolute atomic E-state index is 13.9. The van der Waals surface area contributed by atoms with E-state index in [1.54, 1.807) is 0 Å². The fraction of sp³-hybridized carbons (Fsp3) is 0.571. The molecule has 1 aromatic carbocycles. The summed E-state index contributed by atoms with van der Waals surface area (Å²) in [5, 5.41) is 0.163. The van der Waals surface area contributed by atoms with Crippen molar-refractivity contribution in [3.8, 4) is 0 Å². The summed E-state index contributed by atoms with van der Waals surface area (Å²) in [4.78, 5) is -0.354. The Labute approximate surface area is 131 Å². The first kappa shape index (κ1) is 18.4. The van der Waals surface area contributed by atoms with Crippen LogP contribution in [0.4, 0.5) is 4.39 Å². The van der Waals surface area contributed by atoms with E-state index in [0.717, 1.165) is 6.07 Å². The van der Waals surface area contributed by atoms with E-state index in [-0.39, 0.29) is 21.9 Å². The zero-order chi connectivity index (χ0) is 16.3. The van der Waals surface area contributed by atoms with E-state index in [9.17, 15) is 12.8 Å². The molecule has 0 radical (unpaired) electrons. The molecule has 1 aromatic rings. The monoisotopic (exact) mass is 336 g/mol. The Balaban J connectivity index is 3.21. The van der Waals surface area contributed by atoms with Crippen molar-refractivity contribution in [2.45, 2.75) is 32.1 Å². The number of nitrogens with two attached hydrogens (primary N) is 1. The van der Waals surface area contributed by atoms with Crippen molar-refractivity contribution in [2.75, 3.05) is 19.6 Å². The van der Waals surface area contributed by atoms with Crippen molar-refractivity contribution in [3.63, 3.8) is 0 Å². The lowest BCUT2D eigenvalue weighted by atomic mass is 9.94. The Morgan fingerprint density at radius 1 is 1.38 bits per heavy atom. The standard InChI is InChI=1S/C14H22ClFN2O2S/c1-4-7-18(10-14(2,3)9-17)21(19,20)13-6-5-11(15)8-12(13)16/h5-6,8H,4,7,9-10,17H2,1-3H3. The van der Waals surface area contributed by atoms with Crippen LogP contribution in [0.15, 0.2) is 23.1 Å². The molecule has 0 heterocycles. The maximum atomic E-state index is 13.9. The van der Waals surface area contributed by atoms with Crippen molar-refractivity contribution in [3.05, 3.63) is 29.0 Å². The third-order valence-corrected chi connectivity index (χ3v) is 5.26. The van der Waals surface area contributed by atoms with E-state index < -0.39 is 15.8 Å².